The standard InChI is InChI=1S/C17H28N2O3S/c1-12(2)19(13(3)4)17(20)14(5)15-8-10-16(11-9-15)23(21,22)18(6)7/h8-14H,1-7H3/t14-/m0/s1. The lowest BCUT2D eigenvalue weighted by molar-refractivity contribution is -0.136. The molecule has 0 spiro atoms. The van der Waals surface area contributed by atoms with Crippen molar-refractivity contribution in [3.05, 3.63) is 29.8 Å². The number of amides is 1. The summed E-state index contributed by atoms with van der Waals surface area (Å²) in [6.07, 6.45) is 0. The smallest absolute Gasteiger partial charge is 0.242 e. The van der Waals surface area contributed by atoms with Gasteiger partial charge in [-0.05, 0) is 52.3 Å². The molecule has 6 heteroatoms. The molecular weight excluding hydrogens is 312 g/mol. The zero-order valence-corrected chi connectivity index (χ0v) is 15.9. The molecule has 0 radical (unpaired) electrons. The summed E-state index contributed by atoms with van der Waals surface area (Å²) in [5.41, 5.74) is 0.819. The molecule has 0 fully saturated rings. The third-order valence-electron chi connectivity index (χ3n) is 3.90. The molecule has 1 rings (SSSR count). The van der Waals surface area contributed by atoms with Gasteiger partial charge < -0.3 is 4.90 Å². The molecule has 0 aliphatic carbocycles. The normalized spacial score (nSPS) is 13.7. The number of rotatable bonds is 6. The summed E-state index contributed by atoms with van der Waals surface area (Å²) in [4.78, 5) is 14.8. The van der Waals surface area contributed by atoms with Crippen LogP contribution in [-0.4, -0.2) is 49.7 Å². The Kier molecular flexibility index (Phi) is 6.36. The van der Waals surface area contributed by atoms with Crippen molar-refractivity contribution >= 4 is 15.9 Å². The van der Waals surface area contributed by atoms with E-state index in [1.54, 1.807) is 24.3 Å². The molecule has 0 aromatic heterocycles. The lowest BCUT2D eigenvalue weighted by Gasteiger charge is -2.33. The largest absolute Gasteiger partial charge is 0.337 e. The average molecular weight is 340 g/mol. The summed E-state index contributed by atoms with van der Waals surface area (Å²) >= 11 is 0. The topological polar surface area (TPSA) is 57.7 Å². The third kappa shape index (κ3) is 4.32. The Morgan fingerprint density at radius 2 is 1.35 bits per heavy atom. The van der Waals surface area contributed by atoms with Crippen LogP contribution in [0.4, 0.5) is 0 Å². The third-order valence-corrected chi connectivity index (χ3v) is 5.73. The van der Waals surface area contributed by atoms with E-state index in [-0.39, 0.29) is 28.8 Å². The van der Waals surface area contributed by atoms with E-state index in [4.69, 9.17) is 0 Å². The number of carbonyl (C=O) groups excluding carboxylic acids is 1. The van der Waals surface area contributed by atoms with E-state index in [1.165, 1.54) is 18.4 Å². The van der Waals surface area contributed by atoms with E-state index in [0.717, 1.165) is 5.56 Å². The lowest BCUT2D eigenvalue weighted by Crippen LogP contribution is -2.44. The molecule has 0 saturated heterocycles. The van der Waals surface area contributed by atoms with Crippen LogP contribution in [0.5, 0.6) is 0 Å². The van der Waals surface area contributed by atoms with E-state index < -0.39 is 10.0 Å². The van der Waals surface area contributed by atoms with E-state index >= 15 is 0 Å². The Balaban J connectivity index is 3.06. The van der Waals surface area contributed by atoms with Gasteiger partial charge in [-0.1, -0.05) is 12.1 Å². The van der Waals surface area contributed by atoms with Gasteiger partial charge in [-0.15, -0.1) is 0 Å². The molecule has 0 N–H and O–H groups in total. The van der Waals surface area contributed by atoms with Crippen molar-refractivity contribution in [2.75, 3.05) is 14.1 Å². The van der Waals surface area contributed by atoms with Gasteiger partial charge in [0.25, 0.3) is 0 Å². The summed E-state index contributed by atoms with van der Waals surface area (Å²) in [5, 5.41) is 0. The van der Waals surface area contributed by atoms with Crippen LogP contribution >= 0.6 is 0 Å². The Morgan fingerprint density at radius 3 is 1.70 bits per heavy atom. The van der Waals surface area contributed by atoms with Crippen LogP contribution in [0.1, 0.15) is 46.1 Å². The first kappa shape index (κ1) is 19.6. The van der Waals surface area contributed by atoms with E-state index in [9.17, 15) is 13.2 Å². The number of hydrogen-bond acceptors (Lipinski definition) is 3. The fourth-order valence-corrected chi connectivity index (χ4v) is 3.51. The van der Waals surface area contributed by atoms with Gasteiger partial charge in [0.05, 0.1) is 10.8 Å². The van der Waals surface area contributed by atoms with Crippen molar-refractivity contribution in [2.45, 2.75) is 57.5 Å². The predicted octanol–water partition coefficient (Wildman–Crippen LogP) is 2.69. The van der Waals surface area contributed by atoms with E-state index in [1.807, 2.05) is 39.5 Å². The number of sulfonamides is 1. The summed E-state index contributed by atoms with van der Waals surface area (Å²) in [6.45, 7) is 9.85. The molecule has 0 bridgehead atoms. The zero-order chi connectivity index (χ0) is 17.9. The molecule has 1 aromatic rings. The second-order valence-electron chi connectivity index (χ2n) is 6.51. The maximum absolute atomic E-state index is 12.7. The van der Waals surface area contributed by atoms with Crippen LogP contribution in [0, 0.1) is 0 Å². The molecule has 0 saturated carbocycles. The van der Waals surface area contributed by atoms with Crippen LogP contribution in [0.25, 0.3) is 0 Å². The second kappa shape index (κ2) is 7.45. The second-order valence-corrected chi connectivity index (χ2v) is 8.66. The molecule has 1 aromatic carbocycles. The van der Waals surface area contributed by atoms with Crippen molar-refractivity contribution in [3.63, 3.8) is 0 Å². The van der Waals surface area contributed by atoms with E-state index in [2.05, 4.69) is 0 Å². The Labute approximate surface area is 140 Å². The summed E-state index contributed by atoms with van der Waals surface area (Å²) < 4.78 is 25.3. The van der Waals surface area contributed by atoms with Crippen molar-refractivity contribution < 1.29 is 13.2 Å². The molecule has 0 aliphatic heterocycles. The molecule has 23 heavy (non-hydrogen) atoms. The fraction of sp³-hybridized carbons (Fsp3) is 0.588. The van der Waals surface area contributed by atoms with Gasteiger partial charge in [-0.3, -0.25) is 4.79 Å². The van der Waals surface area contributed by atoms with Crippen LogP contribution in [-0.2, 0) is 14.8 Å². The van der Waals surface area contributed by atoms with Gasteiger partial charge in [0.15, 0.2) is 0 Å². The summed E-state index contributed by atoms with van der Waals surface area (Å²) in [7, 11) is -0.448. The zero-order valence-electron chi connectivity index (χ0n) is 15.1. The monoisotopic (exact) mass is 340 g/mol. The van der Waals surface area contributed by atoms with Crippen LogP contribution < -0.4 is 0 Å². The fourth-order valence-electron chi connectivity index (χ4n) is 2.61. The molecular formula is C17H28N2O3S. The average Bonchev–Trinajstić information content (AvgIpc) is 2.45. The molecule has 1 atom stereocenters. The Hall–Kier alpha value is -1.40. The van der Waals surface area contributed by atoms with Gasteiger partial charge in [-0.2, -0.15) is 0 Å². The minimum atomic E-state index is -3.44. The molecule has 1 amide bonds. The first-order chi connectivity index (χ1) is 10.5. The minimum Gasteiger partial charge on any atom is -0.337 e. The summed E-state index contributed by atoms with van der Waals surface area (Å²) in [6, 6.07) is 6.81. The number of nitrogens with zero attached hydrogens (tertiary/aromatic N) is 2. The van der Waals surface area contributed by atoms with Crippen molar-refractivity contribution in [2.24, 2.45) is 0 Å². The van der Waals surface area contributed by atoms with Gasteiger partial charge in [0.2, 0.25) is 15.9 Å². The highest BCUT2D eigenvalue weighted by Crippen LogP contribution is 2.23. The highest BCUT2D eigenvalue weighted by molar-refractivity contribution is 7.89. The highest BCUT2D eigenvalue weighted by Gasteiger charge is 2.26. The van der Waals surface area contributed by atoms with E-state index in [0.29, 0.717) is 0 Å². The summed E-state index contributed by atoms with van der Waals surface area (Å²) in [5.74, 6) is -0.255. The molecule has 0 unspecified atom stereocenters. The minimum absolute atomic E-state index is 0.0539. The van der Waals surface area contributed by atoms with Gasteiger partial charge >= 0.3 is 0 Å². The first-order valence-electron chi connectivity index (χ1n) is 7.84. The van der Waals surface area contributed by atoms with Crippen molar-refractivity contribution in [1.29, 1.82) is 0 Å². The quantitative estimate of drug-likeness (QED) is 0.800. The maximum atomic E-state index is 12.7. The van der Waals surface area contributed by atoms with Gasteiger partial charge in [-0.25, -0.2) is 12.7 Å². The van der Waals surface area contributed by atoms with Gasteiger partial charge in [0.1, 0.15) is 0 Å². The molecule has 5 nitrogen and oxygen atoms in total. The maximum Gasteiger partial charge on any atom is 0.242 e. The van der Waals surface area contributed by atoms with Gasteiger partial charge in [0, 0.05) is 26.2 Å². The number of hydrogen-bond donors (Lipinski definition) is 0. The van der Waals surface area contributed by atoms with Crippen LogP contribution in [0.3, 0.4) is 0 Å². The van der Waals surface area contributed by atoms with Crippen LogP contribution in [0.2, 0.25) is 0 Å². The highest BCUT2D eigenvalue weighted by atomic mass is 32.2. The first-order valence-corrected chi connectivity index (χ1v) is 9.28. The SMILES string of the molecule is CC(C)N(C(=O)[C@@H](C)c1ccc(S(=O)(=O)N(C)C)cc1)C(C)C. The Bertz CT molecular complexity index is 626. The molecule has 130 valence electrons. The molecule has 0 heterocycles. The number of carbonyl (C=O) groups is 1. The van der Waals surface area contributed by atoms with Crippen molar-refractivity contribution in [3.8, 4) is 0 Å². The van der Waals surface area contributed by atoms with Crippen LogP contribution in [0.15, 0.2) is 29.2 Å². The Morgan fingerprint density at radius 1 is 0.913 bits per heavy atom. The molecule has 0 aliphatic rings. The number of benzene rings is 1. The lowest BCUT2D eigenvalue weighted by atomic mass is 9.98. The van der Waals surface area contributed by atoms with Crippen molar-refractivity contribution in [1.82, 2.24) is 9.21 Å². The predicted molar refractivity (Wildman–Crippen MR) is 92.8 cm³/mol.